The van der Waals surface area contributed by atoms with Crippen LogP contribution in [0.5, 0.6) is 0 Å². The predicted molar refractivity (Wildman–Crippen MR) is 144 cm³/mol. The predicted octanol–water partition coefficient (Wildman–Crippen LogP) is 5.22. The van der Waals surface area contributed by atoms with Gasteiger partial charge in [-0.2, -0.15) is 0 Å². The van der Waals surface area contributed by atoms with E-state index in [0.717, 1.165) is 36.6 Å². The summed E-state index contributed by atoms with van der Waals surface area (Å²) < 4.78 is 50.8. The van der Waals surface area contributed by atoms with Crippen LogP contribution >= 0.6 is 11.6 Å². The molecule has 7 nitrogen and oxygen atoms in total. The van der Waals surface area contributed by atoms with Gasteiger partial charge in [0.25, 0.3) is 5.91 Å². The van der Waals surface area contributed by atoms with E-state index >= 15 is 4.39 Å². The second-order valence-electron chi connectivity index (χ2n) is 10.9. The second-order valence-corrected chi connectivity index (χ2v) is 11.3. The minimum absolute atomic E-state index is 0.213. The van der Waals surface area contributed by atoms with Crippen LogP contribution in [0.2, 0.25) is 5.02 Å². The van der Waals surface area contributed by atoms with Gasteiger partial charge in [-0.3, -0.25) is 9.36 Å². The molecule has 0 saturated carbocycles. The number of benzene rings is 2. The van der Waals surface area contributed by atoms with Gasteiger partial charge in [0.1, 0.15) is 22.9 Å². The molecule has 40 heavy (non-hydrogen) atoms. The molecule has 0 atom stereocenters. The molecule has 4 rings (SSSR count). The summed E-state index contributed by atoms with van der Waals surface area (Å²) in [7, 11) is 0. The van der Waals surface area contributed by atoms with Crippen molar-refractivity contribution in [3.63, 3.8) is 0 Å². The van der Waals surface area contributed by atoms with Gasteiger partial charge in [-0.05, 0) is 76.9 Å². The number of carboxylic acid groups (broad SMARTS) is 1. The van der Waals surface area contributed by atoms with E-state index in [2.05, 4.69) is 31.7 Å². The van der Waals surface area contributed by atoms with Crippen molar-refractivity contribution < 1.29 is 38.1 Å². The van der Waals surface area contributed by atoms with Crippen LogP contribution < -0.4 is 10.8 Å². The Kier molecular flexibility index (Phi) is 8.66. The van der Waals surface area contributed by atoms with Gasteiger partial charge in [-0.15, -0.1) is 0 Å². The number of rotatable bonds is 5. The topological polar surface area (TPSA) is 116 Å². The number of nitrogens with zero attached hydrogens (tertiary/aromatic N) is 2. The zero-order valence-electron chi connectivity index (χ0n) is 22.9. The molecule has 0 unspecified atom stereocenters. The van der Waals surface area contributed by atoms with E-state index in [1.54, 1.807) is 25.1 Å². The summed E-state index contributed by atoms with van der Waals surface area (Å²) in [5, 5.41) is 14.8. The highest BCUT2D eigenvalue weighted by Crippen LogP contribution is 2.38. The van der Waals surface area contributed by atoms with E-state index in [4.69, 9.17) is 16.1 Å². The fourth-order valence-electron chi connectivity index (χ4n) is 3.93. The maximum atomic E-state index is 15.0. The molecule has 0 amide bonds. The van der Waals surface area contributed by atoms with Crippen molar-refractivity contribution in [2.45, 2.75) is 52.8 Å². The van der Waals surface area contributed by atoms with Crippen molar-refractivity contribution in [2.24, 2.45) is 0 Å². The Morgan fingerprint density at radius 2 is 1.70 bits per heavy atom. The minimum Gasteiger partial charge on any atom is -0.545 e. The molecule has 2 heterocycles. The monoisotopic (exact) mass is 575 g/mol. The summed E-state index contributed by atoms with van der Waals surface area (Å²) in [4.78, 5) is 24.6. The normalized spacial score (nSPS) is 12.1. The highest BCUT2D eigenvalue weighted by atomic mass is 35.5. The van der Waals surface area contributed by atoms with Gasteiger partial charge in [-0.1, -0.05) is 35.0 Å². The zero-order chi connectivity index (χ0) is 30.2. The van der Waals surface area contributed by atoms with Crippen LogP contribution in [0.3, 0.4) is 0 Å². The summed E-state index contributed by atoms with van der Waals surface area (Å²) in [6.07, 6.45) is 3.61. The lowest BCUT2D eigenvalue weighted by Crippen LogP contribution is -2.67. The number of fused-ring (bicyclic) bond motifs is 1. The molecule has 0 aliphatic rings. The SMILES string of the molecule is CC(C)(C)[NH3+].Cc1cn(C(=O)c2c(-c3c(F)cc(Cl)cc3F)noc2C(C)(C)F)c2cccc(/C=C/C(=O)[O-])c12. The van der Waals surface area contributed by atoms with Crippen molar-refractivity contribution in [1.82, 2.24) is 9.72 Å². The van der Waals surface area contributed by atoms with Crippen molar-refractivity contribution in [3.8, 4) is 11.3 Å². The van der Waals surface area contributed by atoms with Crippen LogP contribution in [0.1, 0.15) is 61.9 Å². The van der Waals surface area contributed by atoms with Crippen LogP contribution in [-0.4, -0.2) is 27.1 Å². The fourth-order valence-corrected chi connectivity index (χ4v) is 4.13. The van der Waals surface area contributed by atoms with Gasteiger partial charge >= 0.3 is 0 Å². The minimum atomic E-state index is -2.23. The number of hydrogen-bond donors (Lipinski definition) is 1. The average Bonchev–Trinajstić information content (AvgIpc) is 3.38. The van der Waals surface area contributed by atoms with Crippen LogP contribution in [0.25, 0.3) is 28.2 Å². The molecular weight excluding hydrogens is 547 g/mol. The quantitative estimate of drug-likeness (QED) is 0.328. The van der Waals surface area contributed by atoms with Crippen LogP contribution in [0.4, 0.5) is 13.2 Å². The van der Waals surface area contributed by atoms with E-state index in [9.17, 15) is 23.5 Å². The molecule has 0 spiro atoms. The van der Waals surface area contributed by atoms with Gasteiger partial charge in [-0.25, -0.2) is 13.2 Å². The highest BCUT2D eigenvalue weighted by Gasteiger charge is 2.37. The van der Waals surface area contributed by atoms with Crippen LogP contribution in [0, 0.1) is 18.6 Å². The van der Waals surface area contributed by atoms with Gasteiger partial charge in [0.15, 0.2) is 11.4 Å². The number of halogens is 4. The number of aryl methyl sites for hydroxylation is 1. The Bertz CT molecular complexity index is 1600. The van der Waals surface area contributed by atoms with E-state index in [1.165, 1.54) is 12.3 Å². The first-order valence-electron chi connectivity index (χ1n) is 12.1. The van der Waals surface area contributed by atoms with E-state index in [0.29, 0.717) is 22.0 Å². The Hall–Kier alpha value is -3.89. The van der Waals surface area contributed by atoms with Gasteiger partial charge in [0.2, 0.25) is 0 Å². The summed E-state index contributed by atoms with van der Waals surface area (Å²) >= 11 is 5.71. The van der Waals surface area contributed by atoms with Crippen molar-refractivity contribution in [1.29, 1.82) is 0 Å². The molecule has 4 aromatic rings. The summed E-state index contributed by atoms with van der Waals surface area (Å²) in [5.74, 6) is -4.98. The van der Waals surface area contributed by atoms with E-state index < -0.39 is 51.8 Å². The standard InChI is InChI=1S/C25H18ClF3N2O4.C4H11N/c1-12-11-31(17-6-4-5-13(19(12)17)7-8-18(32)33)24(34)21-22(30-35-23(21)25(2,3)29)20-15(27)9-14(26)10-16(20)28;1-4(2,3)5/h4-11H,1-3H3,(H,32,33);5H2,1-3H3/b8-7+;. The number of aliphatic carboxylic acids is 1. The van der Waals surface area contributed by atoms with Gasteiger partial charge < -0.3 is 20.2 Å². The summed E-state index contributed by atoms with van der Waals surface area (Å²) in [6.45, 7) is 10.2. The number of carbonyl (C=O) groups excluding carboxylic acids is 2. The Balaban J connectivity index is 0.000000810. The lowest BCUT2D eigenvalue weighted by atomic mass is 9.98. The lowest BCUT2D eigenvalue weighted by Gasteiger charge is -2.13. The largest absolute Gasteiger partial charge is 0.545 e. The number of carbonyl (C=O) groups is 2. The Morgan fingerprint density at radius 3 is 2.23 bits per heavy atom. The maximum absolute atomic E-state index is 15.0. The summed E-state index contributed by atoms with van der Waals surface area (Å²) in [6, 6.07) is 6.51. The molecule has 11 heteroatoms. The maximum Gasteiger partial charge on any atom is 0.268 e. The molecule has 212 valence electrons. The molecule has 0 aliphatic heterocycles. The molecule has 3 N–H and O–H groups in total. The van der Waals surface area contributed by atoms with Crippen molar-refractivity contribution >= 4 is 40.5 Å². The van der Waals surface area contributed by atoms with Gasteiger partial charge in [0.05, 0.1) is 22.6 Å². The molecule has 0 fully saturated rings. The smallest absolute Gasteiger partial charge is 0.268 e. The third-order valence-electron chi connectivity index (χ3n) is 5.36. The first-order valence-corrected chi connectivity index (χ1v) is 12.5. The third-order valence-corrected chi connectivity index (χ3v) is 5.58. The number of carboxylic acids is 1. The lowest BCUT2D eigenvalue weighted by molar-refractivity contribution is -0.458. The molecule has 0 radical (unpaired) electrons. The molecule has 0 bridgehead atoms. The Morgan fingerprint density at radius 1 is 1.12 bits per heavy atom. The number of hydrogen-bond acceptors (Lipinski definition) is 5. The first-order chi connectivity index (χ1) is 18.4. The second kappa shape index (κ2) is 11.3. The van der Waals surface area contributed by atoms with Crippen molar-refractivity contribution in [2.75, 3.05) is 0 Å². The fraction of sp³-hybridized carbons (Fsp3) is 0.276. The van der Waals surface area contributed by atoms with Crippen molar-refractivity contribution in [3.05, 3.63) is 81.7 Å². The van der Waals surface area contributed by atoms with E-state index in [1.807, 2.05) is 0 Å². The van der Waals surface area contributed by atoms with Gasteiger partial charge in [0, 0.05) is 16.6 Å². The molecule has 0 saturated heterocycles. The molecule has 0 aliphatic carbocycles. The number of quaternary nitrogens is 1. The zero-order valence-corrected chi connectivity index (χ0v) is 23.6. The molecule has 2 aromatic heterocycles. The first kappa shape index (κ1) is 30.6. The number of alkyl halides is 1. The number of aromatic nitrogens is 2. The highest BCUT2D eigenvalue weighted by molar-refractivity contribution is 6.30. The van der Waals surface area contributed by atoms with Crippen LogP contribution in [-0.2, 0) is 10.5 Å². The summed E-state index contributed by atoms with van der Waals surface area (Å²) in [5.41, 5.74) is 1.54. The average molecular weight is 576 g/mol. The third kappa shape index (κ3) is 6.81. The van der Waals surface area contributed by atoms with E-state index in [-0.39, 0.29) is 10.6 Å². The van der Waals surface area contributed by atoms with Crippen LogP contribution in [0.15, 0.2) is 47.1 Å². The molecule has 2 aromatic carbocycles. The molecular formula is C29H29ClF3N3O4. The Labute approximate surface area is 234 Å².